The van der Waals surface area contributed by atoms with Crippen molar-refractivity contribution in [1.82, 2.24) is 4.98 Å². The second-order valence-electron chi connectivity index (χ2n) is 6.41. The molecule has 0 fully saturated rings. The van der Waals surface area contributed by atoms with Crippen molar-refractivity contribution in [1.29, 1.82) is 5.41 Å². The van der Waals surface area contributed by atoms with E-state index in [1.54, 1.807) is 36.4 Å². The average Bonchev–Trinajstić information content (AvgIpc) is 3.15. The van der Waals surface area contributed by atoms with Crippen molar-refractivity contribution < 1.29 is 19.4 Å². The van der Waals surface area contributed by atoms with Crippen LogP contribution in [0.25, 0.3) is 21.3 Å². The van der Waals surface area contributed by atoms with Crippen LogP contribution in [-0.2, 0) is 9.53 Å². The molecule has 0 saturated carbocycles. The highest BCUT2D eigenvalue weighted by molar-refractivity contribution is 7.22. The Bertz CT molecular complexity index is 1090. The van der Waals surface area contributed by atoms with Crippen LogP contribution in [0.15, 0.2) is 36.4 Å². The number of methoxy groups -OCH3 is 1. The summed E-state index contributed by atoms with van der Waals surface area (Å²) in [6, 6.07) is 10.2. The number of carboxylic acid groups (broad SMARTS) is 1. The number of hydrogen-bond acceptors (Lipinski definition) is 7. The maximum Gasteiger partial charge on any atom is 0.335 e. The van der Waals surface area contributed by atoms with Gasteiger partial charge in [0.15, 0.2) is 5.13 Å². The summed E-state index contributed by atoms with van der Waals surface area (Å²) < 4.78 is 5.40. The van der Waals surface area contributed by atoms with Gasteiger partial charge in [0.1, 0.15) is 5.84 Å². The molecule has 4 N–H and O–H groups in total. The fourth-order valence-corrected chi connectivity index (χ4v) is 3.83. The van der Waals surface area contributed by atoms with Crippen LogP contribution in [0.1, 0.15) is 22.3 Å². The molecule has 9 heteroatoms. The molecule has 150 valence electrons. The minimum atomic E-state index is -1.03. The fraction of sp³-hybridized carbons (Fsp3) is 0.200. The Morgan fingerprint density at radius 3 is 2.52 bits per heavy atom. The third-order valence-corrected chi connectivity index (χ3v) is 5.56. The van der Waals surface area contributed by atoms with Gasteiger partial charge in [-0.25, -0.2) is 9.78 Å². The summed E-state index contributed by atoms with van der Waals surface area (Å²) in [5, 5.41) is 17.7. The lowest BCUT2D eigenvalue weighted by Gasteiger charge is -2.14. The van der Waals surface area contributed by atoms with Gasteiger partial charge in [0.25, 0.3) is 0 Å². The topological polar surface area (TPSA) is 130 Å². The van der Waals surface area contributed by atoms with Crippen LogP contribution >= 0.6 is 11.3 Å². The monoisotopic (exact) mass is 412 g/mol. The number of hydrogen-bond donors (Lipinski definition) is 3. The number of rotatable bonds is 7. The molecule has 1 heterocycles. The van der Waals surface area contributed by atoms with Crippen molar-refractivity contribution in [2.75, 3.05) is 25.6 Å². The van der Waals surface area contributed by atoms with E-state index in [0.29, 0.717) is 28.3 Å². The van der Waals surface area contributed by atoms with E-state index < -0.39 is 5.97 Å². The Labute approximate surface area is 171 Å². The highest BCUT2D eigenvalue weighted by Gasteiger charge is 2.17. The molecular weight excluding hydrogens is 392 g/mol. The second kappa shape index (κ2) is 8.27. The number of fused-ring (bicyclic) bond motifs is 1. The van der Waals surface area contributed by atoms with Crippen LogP contribution in [0, 0.1) is 5.41 Å². The summed E-state index contributed by atoms with van der Waals surface area (Å²) in [5.74, 6) is -1.37. The van der Waals surface area contributed by atoms with Crippen LogP contribution in [0.4, 0.5) is 5.13 Å². The first-order valence-electron chi connectivity index (χ1n) is 8.71. The SMILES string of the molecule is COC(=O)CCN(C)c1nc2c(-c3ccc(C(=N)N)cc3)cc(C(=O)O)cc2s1. The van der Waals surface area contributed by atoms with Gasteiger partial charge in [-0.2, -0.15) is 0 Å². The van der Waals surface area contributed by atoms with Crippen molar-refractivity contribution in [2.45, 2.75) is 6.42 Å². The van der Waals surface area contributed by atoms with E-state index in [0.717, 1.165) is 10.3 Å². The first kappa shape index (κ1) is 20.3. The second-order valence-corrected chi connectivity index (χ2v) is 7.42. The average molecular weight is 412 g/mol. The van der Waals surface area contributed by atoms with Crippen LogP contribution in [0.2, 0.25) is 0 Å². The number of carboxylic acids is 1. The zero-order valence-corrected chi connectivity index (χ0v) is 16.7. The maximum absolute atomic E-state index is 11.6. The quantitative estimate of drug-likeness (QED) is 0.309. The molecule has 0 spiro atoms. The smallest absolute Gasteiger partial charge is 0.335 e. The van der Waals surface area contributed by atoms with E-state index in [1.807, 2.05) is 11.9 Å². The van der Waals surface area contributed by atoms with Crippen LogP contribution in [0.5, 0.6) is 0 Å². The first-order chi connectivity index (χ1) is 13.8. The molecule has 0 aliphatic heterocycles. The minimum absolute atomic E-state index is 0.0378. The number of nitrogens with one attached hydrogen (secondary N) is 1. The number of anilines is 1. The predicted octanol–water partition coefficient (Wildman–Crippen LogP) is 2.94. The molecule has 0 atom stereocenters. The number of amidine groups is 1. The number of esters is 1. The van der Waals surface area contributed by atoms with Gasteiger partial charge in [-0.05, 0) is 17.7 Å². The van der Waals surface area contributed by atoms with E-state index in [2.05, 4.69) is 9.72 Å². The summed E-state index contributed by atoms with van der Waals surface area (Å²) in [6.07, 6.45) is 0.225. The third kappa shape index (κ3) is 4.35. The van der Waals surface area contributed by atoms with E-state index in [-0.39, 0.29) is 23.8 Å². The Balaban J connectivity index is 2.05. The number of nitrogens with two attached hydrogens (primary N) is 1. The lowest BCUT2D eigenvalue weighted by molar-refractivity contribution is -0.140. The Morgan fingerprint density at radius 2 is 1.93 bits per heavy atom. The Hall–Kier alpha value is -3.46. The molecule has 0 radical (unpaired) electrons. The zero-order chi connectivity index (χ0) is 21.1. The molecule has 0 amide bonds. The molecule has 0 bridgehead atoms. The Kier molecular flexibility index (Phi) is 5.79. The fourth-order valence-electron chi connectivity index (χ4n) is 2.81. The highest BCUT2D eigenvalue weighted by atomic mass is 32.1. The lowest BCUT2D eigenvalue weighted by atomic mass is 10.0. The molecule has 1 aromatic heterocycles. The minimum Gasteiger partial charge on any atom is -0.478 e. The summed E-state index contributed by atoms with van der Waals surface area (Å²) in [5.41, 5.74) is 8.39. The molecular formula is C20H20N4O4S. The number of carbonyl (C=O) groups is 2. The number of nitrogens with zero attached hydrogens (tertiary/aromatic N) is 2. The van der Waals surface area contributed by atoms with Gasteiger partial charge in [-0.15, -0.1) is 0 Å². The van der Waals surface area contributed by atoms with Crippen molar-refractivity contribution in [3.05, 3.63) is 47.5 Å². The molecule has 0 saturated heterocycles. The van der Waals surface area contributed by atoms with Crippen LogP contribution in [-0.4, -0.2) is 48.6 Å². The maximum atomic E-state index is 11.6. The molecule has 0 aliphatic rings. The summed E-state index contributed by atoms with van der Waals surface area (Å²) in [7, 11) is 3.16. The van der Waals surface area contributed by atoms with Gasteiger partial charge in [0.2, 0.25) is 0 Å². The standard InChI is InChI=1S/C20H20N4O4S/c1-24(8-7-16(25)28-2)20-23-17-14(9-13(19(26)27)10-15(17)29-20)11-3-5-12(6-4-11)18(21)22/h3-6,9-10H,7-8H2,1-2H3,(H3,21,22)(H,26,27). The summed E-state index contributed by atoms with van der Waals surface area (Å²) in [4.78, 5) is 29.5. The normalized spacial score (nSPS) is 10.7. The zero-order valence-electron chi connectivity index (χ0n) is 15.9. The highest BCUT2D eigenvalue weighted by Crippen LogP contribution is 2.36. The van der Waals surface area contributed by atoms with Crippen molar-refractivity contribution in [3.63, 3.8) is 0 Å². The van der Waals surface area contributed by atoms with Crippen molar-refractivity contribution in [2.24, 2.45) is 5.73 Å². The van der Waals surface area contributed by atoms with Gasteiger partial charge in [0, 0.05) is 24.7 Å². The molecule has 3 rings (SSSR count). The lowest BCUT2D eigenvalue weighted by Crippen LogP contribution is -2.21. The molecule has 0 aliphatic carbocycles. The van der Waals surface area contributed by atoms with E-state index >= 15 is 0 Å². The number of thiazole rings is 1. The number of nitrogen functional groups attached to an aromatic ring is 1. The summed E-state index contributed by atoms with van der Waals surface area (Å²) in [6.45, 7) is 0.431. The van der Waals surface area contributed by atoms with Crippen LogP contribution in [0.3, 0.4) is 0 Å². The first-order valence-corrected chi connectivity index (χ1v) is 9.52. The van der Waals surface area contributed by atoms with E-state index in [4.69, 9.17) is 11.1 Å². The van der Waals surface area contributed by atoms with Gasteiger partial charge < -0.3 is 20.5 Å². The van der Waals surface area contributed by atoms with E-state index in [9.17, 15) is 14.7 Å². The van der Waals surface area contributed by atoms with Crippen molar-refractivity contribution in [3.8, 4) is 11.1 Å². The Morgan fingerprint density at radius 1 is 1.24 bits per heavy atom. The van der Waals surface area contributed by atoms with Gasteiger partial charge in [0.05, 0.1) is 29.3 Å². The van der Waals surface area contributed by atoms with Crippen molar-refractivity contribution >= 4 is 44.5 Å². The number of carbonyl (C=O) groups excluding carboxylic acids is 1. The van der Waals surface area contributed by atoms with Crippen LogP contribution < -0.4 is 10.6 Å². The summed E-state index contributed by atoms with van der Waals surface area (Å²) >= 11 is 1.36. The van der Waals surface area contributed by atoms with Gasteiger partial charge in [-0.1, -0.05) is 35.6 Å². The number of benzene rings is 2. The molecule has 2 aromatic carbocycles. The molecule has 0 unspecified atom stereocenters. The predicted molar refractivity (Wildman–Crippen MR) is 113 cm³/mol. The van der Waals surface area contributed by atoms with Gasteiger partial charge >= 0.3 is 11.9 Å². The molecule has 29 heavy (non-hydrogen) atoms. The third-order valence-electron chi connectivity index (χ3n) is 4.44. The number of ether oxygens (including phenoxy) is 1. The van der Waals surface area contributed by atoms with Gasteiger partial charge in [-0.3, -0.25) is 10.2 Å². The number of aromatic nitrogens is 1. The molecule has 8 nitrogen and oxygen atoms in total. The molecule has 3 aromatic rings. The largest absolute Gasteiger partial charge is 0.478 e. The number of aromatic carboxylic acids is 1. The van der Waals surface area contributed by atoms with E-state index in [1.165, 1.54) is 18.4 Å².